The molecule has 1 fully saturated rings. The smallest absolute Gasteiger partial charge is 0.210 e. The van der Waals surface area contributed by atoms with Gasteiger partial charge in [0.1, 0.15) is 11.6 Å². The number of piperidine rings is 1. The van der Waals surface area contributed by atoms with E-state index < -0.39 is 17.7 Å². The number of likely N-dealkylation sites (tertiary alicyclic amines) is 1. The zero-order chi connectivity index (χ0) is 14.7. The number of halogens is 2. The second-order valence-electron chi connectivity index (χ2n) is 5.57. The number of carbonyl (C=O) groups excluding carboxylic acids is 1. The normalized spacial score (nSPS) is 23.1. The first-order chi connectivity index (χ1) is 9.51. The first kappa shape index (κ1) is 14.9. The van der Waals surface area contributed by atoms with Crippen LogP contribution < -0.4 is 5.32 Å². The first-order valence-corrected chi connectivity index (χ1v) is 6.93. The fourth-order valence-electron chi connectivity index (χ4n) is 2.81. The van der Waals surface area contributed by atoms with Gasteiger partial charge in [-0.3, -0.25) is 4.79 Å². The molecule has 3 nitrogen and oxygen atoms in total. The highest BCUT2D eigenvalue weighted by atomic mass is 19.1. The molecule has 1 saturated heterocycles. The van der Waals surface area contributed by atoms with Crippen molar-refractivity contribution in [1.82, 2.24) is 10.2 Å². The summed E-state index contributed by atoms with van der Waals surface area (Å²) in [6.07, 6.45) is 2.14. The zero-order valence-electron chi connectivity index (χ0n) is 11.8. The molecule has 1 heterocycles. The Labute approximate surface area is 118 Å². The first-order valence-electron chi connectivity index (χ1n) is 6.93. The van der Waals surface area contributed by atoms with Crippen molar-refractivity contribution in [1.29, 1.82) is 0 Å². The second kappa shape index (κ2) is 6.31. The minimum absolute atomic E-state index is 0.207. The molecule has 1 amide bonds. The number of carbonyl (C=O) groups is 1. The summed E-state index contributed by atoms with van der Waals surface area (Å²) in [6, 6.07) is 3.52. The summed E-state index contributed by atoms with van der Waals surface area (Å²) in [4.78, 5) is 12.7. The van der Waals surface area contributed by atoms with Gasteiger partial charge in [0.15, 0.2) is 0 Å². The van der Waals surface area contributed by atoms with Gasteiger partial charge < -0.3 is 10.2 Å². The minimum atomic E-state index is -0.480. The van der Waals surface area contributed by atoms with Crippen molar-refractivity contribution in [3.05, 3.63) is 35.4 Å². The van der Waals surface area contributed by atoms with E-state index in [0.717, 1.165) is 25.0 Å². The molecule has 0 spiro atoms. The third-order valence-electron chi connectivity index (χ3n) is 3.67. The SMILES string of the molecule is CC(C)NC1CCN(C=O)C(c2cc(F)ccc2F)C1. The summed E-state index contributed by atoms with van der Waals surface area (Å²) in [5.41, 5.74) is 0.257. The molecule has 5 heteroatoms. The highest BCUT2D eigenvalue weighted by molar-refractivity contribution is 5.49. The van der Waals surface area contributed by atoms with Crippen LogP contribution in [-0.2, 0) is 4.79 Å². The maximum Gasteiger partial charge on any atom is 0.210 e. The van der Waals surface area contributed by atoms with E-state index in [-0.39, 0.29) is 11.6 Å². The Balaban J connectivity index is 2.24. The summed E-state index contributed by atoms with van der Waals surface area (Å²) in [7, 11) is 0. The van der Waals surface area contributed by atoms with Crippen LogP contribution >= 0.6 is 0 Å². The van der Waals surface area contributed by atoms with E-state index in [1.807, 2.05) is 13.8 Å². The molecule has 2 atom stereocenters. The number of rotatable bonds is 4. The Bertz CT molecular complexity index is 479. The lowest BCUT2D eigenvalue weighted by molar-refractivity contribution is -0.122. The van der Waals surface area contributed by atoms with E-state index in [0.29, 0.717) is 19.0 Å². The van der Waals surface area contributed by atoms with Gasteiger partial charge in [0.2, 0.25) is 6.41 Å². The summed E-state index contributed by atoms with van der Waals surface area (Å²) in [5, 5.41) is 3.40. The fraction of sp³-hybridized carbons (Fsp3) is 0.533. The monoisotopic (exact) mass is 282 g/mol. The van der Waals surface area contributed by atoms with Crippen LogP contribution in [-0.4, -0.2) is 29.9 Å². The largest absolute Gasteiger partial charge is 0.338 e. The van der Waals surface area contributed by atoms with Crippen LogP contribution in [0.5, 0.6) is 0 Å². The lowest BCUT2D eigenvalue weighted by Gasteiger charge is -2.38. The van der Waals surface area contributed by atoms with Gasteiger partial charge in [0.25, 0.3) is 0 Å². The number of benzene rings is 1. The van der Waals surface area contributed by atoms with Crippen LogP contribution in [0.15, 0.2) is 18.2 Å². The van der Waals surface area contributed by atoms with E-state index in [1.54, 1.807) is 4.90 Å². The molecule has 20 heavy (non-hydrogen) atoms. The molecule has 1 aromatic carbocycles. The topological polar surface area (TPSA) is 32.3 Å². The predicted molar refractivity (Wildman–Crippen MR) is 73.2 cm³/mol. The number of nitrogens with zero attached hydrogens (tertiary/aromatic N) is 1. The highest BCUT2D eigenvalue weighted by Crippen LogP contribution is 2.32. The Kier molecular flexibility index (Phi) is 4.70. The van der Waals surface area contributed by atoms with Crippen molar-refractivity contribution in [3.63, 3.8) is 0 Å². The summed E-state index contributed by atoms with van der Waals surface area (Å²) >= 11 is 0. The Morgan fingerprint density at radius 3 is 2.80 bits per heavy atom. The average molecular weight is 282 g/mol. The van der Waals surface area contributed by atoms with Crippen molar-refractivity contribution in [2.45, 2.75) is 44.8 Å². The Hall–Kier alpha value is -1.49. The molecule has 2 unspecified atom stereocenters. The van der Waals surface area contributed by atoms with E-state index in [9.17, 15) is 13.6 Å². The summed E-state index contributed by atoms with van der Waals surface area (Å²) < 4.78 is 27.3. The van der Waals surface area contributed by atoms with Gasteiger partial charge >= 0.3 is 0 Å². The molecule has 1 aromatic rings. The number of hydrogen-bond donors (Lipinski definition) is 1. The highest BCUT2D eigenvalue weighted by Gasteiger charge is 2.30. The molecule has 0 radical (unpaired) electrons. The maximum absolute atomic E-state index is 13.9. The van der Waals surface area contributed by atoms with Gasteiger partial charge in [-0.25, -0.2) is 8.78 Å². The predicted octanol–water partition coefficient (Wildman–Crippen LogP) is 2.62. The maximum atomic E-state index is 13.9. The molecular weight excluding hydrogens is 262 g/mol. The molecule has 0 saturated carbocycles. The summed E-state index contributed by atoms with van der Waals surface area (Å²) in [5.74, 6) is -0.945. The fourth-order valence-corrected chi connectivity index (χ4v) is 2.81. The second-order valence-corrected chi connectivity index (χ2v) is 5.57. The van der Waals surface area contributed by atoms with Gasteiger partial charge in [0, 0.05) is 24.2 Å². The van der Waals surface area contributed by atoms with Crippen LogP contribution in [0, 0.1) is 11.6 Å². The Morgan fingerprint density at radius 2 is 2.15 bits per heavy atom. The van der Waals surface area contributed by atoms with Crippen molar-refractivity contribution in [2.24, 2.45) is 0 Å². The van der Waals surface area contributed by atoms with E-state index >= 15 is 0 Å². The van der Waals surface area contributed by atoms with Gasteiger partial charge in [-0.2, -0.15) is 0 Å². The lowest BCUT2D eigenvalue weighted by Crippen LogP contribution is -2.46. The van der Waals surface area contributed by atoms with Crippen molar-refractivity contribution in [2.75, 3.05) is 6.54 Å². The number of amides is 1. The van der Waals surface area contributed by atoms with E-state index in [4.69, 9.17) is 0 Å². The van der Waals surface area contributed by atoms with Gasteiger partial charge in [-0.1, -0.05) is 13.8 Å². The van der Waals surface area contributed by atoms with Gasteiger partial charge in [-0.05, 0) is 31.0 Å². The average Bonchev–Trinajstić information content (AvgIpc) is 2.41. The molecule has 1 aliphatic heterocycles. The van der Waals surface area contributed by atoms with Gasteiger partial charge in [0.05, 0.1) is 6.04 Å². The van der Waals surface area contributed by atoms with E-state index in [2.05, 4.69) is 5.32 Å². The molecule has 0 aliphatic carbocycles. The third-order valence-corrected chi connectivity index (χ3v) is 3.67. The quantitative estimate of drug-likeness (QED) is 0.861. The molecule has 2 rings (SSSR count). The van der Waals surface area contributed by atoms with Crippen molar-refractivity contribution >= 4 is 6.41 Å². The van der Waals surface area contributed by atoms with Crippen molar-refractivity contribution < 1.29 is 13.6 Å². The number of hydrogen-bond acceptors (Lipinski definition) is 2. The molecular formula is C15H20F2N2O. The van der Waals surface area contributed by atoms with Crippen molar-refractivity contribution in [3.8, 4) is 0 Å². The van der Waals surface area contributed by atoms with Crippen LogP contribution in [0.4, 0.5) is 8.78 Å². The van der Waals surface area contributed by atoms with Gasteiger partial charge in [-0.15, -0.1) is 0 Å². The van der Waals surface area contributed by atoms with E-state index in [1.165, 1.54) is 6.07 Å². The van der Waals surface area contributed by atoms with Crippen LogP contribution in [0.25, 0.3) is 0 Å². The summed E-state index contributed by atoms with van der Waals surface area (Å²) in [6.45, 7) is 4.64. The lowest BCUT2D eigenvalue weighted by atomic mass is 9.91. The minimum Gasteiger partial charge on any atom is -0.338 e. The molecule has 1 aliphatic rings. The molecule has 1 N–H and O–H groups in total. The van der Waals surface area contributed by atoms with Crippen LogP contribution in [0.1, 0.15) is 38.3 Å². The Morgan fingerprint density at radius 1 is 1.40 bits per heavy atom. The van der Waals surface area contributed by atoms with Crippen LogP contribution in [0.2, 0.25) is 0 Å². The molecule has 110 valence electrons. The molecule has 0 bridgehead atoms. The third kappa shape index (κ3) is 3.33. The van der Waals surface area contributed by atoms with Crippen LogP contribution in [0.3, 0.4) is 0 Å². The zero-order valence-corrected chi connectivity index (χ0v) is 11.8. The standard InChI is InChI=1S/C15H20F2N2O/c1-10(2)18-12-5-6-19(9-20)15(8-12)13-7-11(16)3-4-14(13)17/h3-4,7,9-10,12,15,18H,5-6,8H2,1-2H3. The number of nitrogens with one attached hydrogen (secondary N) is 1. The molecule has 0 aromatic heterocycles.